The zero-order valence-electron chi connectivity index (χ0n) is 28.8. The van der Waals surface area contributed by atoms with E-state index >= 15 is 0 Å². The number of hydrogen-bond acceptors (Lipinski definition) is 5. The summed E-state index contributed by atoms with van der Waals surface area (Å²) >= 11 is 0. The zero-order valence-corrected chi connectivity index (χ0v) is 29.8. The second-order valence-electron chi connectivity index (χ2n) is 15.9. The van der Waals surface area contributed by atoms with Crippen molar-refractivity contribution in [3.8, 4) is 0 Å². The van der Waals surface area contributed by atoms with E-state index in [-0.39, 0.29) is 29.8 Å². The Labute approximate surface area is 270 Å². The summed E-state index contributed by atoms with van der Waals surface area (Å²) in [6, 6.07) is 0. The molecule has 0 spiro atoms. The maximum Gasteiger partial charge on any atom is 0.191 e. The second kappa shape index (κ2) is 16.4. The first-order valence-corrected chi connectivity index (χ1v) is 21.4. The molecule has 2 heterocycles. The van der Waals surface area contributed by atoms with Crippen LogP contribution in [0.2, 0.25) is 18.1 Å². The minimum absolute atomic E-state index is 0.0461. The Balaban J connectivity index is 1.28. The Kier molecular flexibility index (Phi) is 12.9. The SMILES string of the molecule is CC(C)(C)[Si](C)(C)OCCCCC=C=C1C(OC2CCCCO2)[C@H](/C=C/[C@@H](OC2CCCCO2)C2CCCC2)[C@@H]2CCC[C@H]12. The monoisotopic (exact) mass is 628 g/mol. The average Bonchev–Trinajstić information content (AvgIpc) is 3.76. The van der Waals surface area contributed by atoms with Crippen molar-refractivity contribution in [2.75, 3.05) is 19.8 Å². The molecule has 0 aromatic carbocycles. The molecule has 0 N–H and O–H groups in total. The van der Waals surface area contributed by atoms with Crippen LogP contribution in [0.25, 0.3) is 0 Å². The van der Waals surface area contributed by atoms with Gasteiger partial charge in [0.2, 0.25) is 0 Å². The van der Waals surface area contributed by atoms with Crippen LogP contribution in [0.15, 0.2) is 29.5 Å². The van der Waals surface area contributed by atoms with Crippen LogP contribution in [0.4, 0.5) is 0 Å². The summed E-state index contributed by atoms with van der Waals surface area (Å²) < 4.78 is 32.2. The standard InChI is InChI=1S/C38H64O5Si/c1-38(2,3)44(4,5)41-28-13-7-6-8-19-32-30-20-16-21-31(30)33(37(32)43-36-23-12-15-27-40-36)24-25-34(29-17-9-10-18-29)42-35-22-11-14-26-39-35/h8,24-25,29-31,33-37H,6-7,9-18,20-23,26-28H2,1-5H3/b25-24+/t19?,30-,31+,33+,34+,35?,36?,37?/m0/s1. The topological polar surface area (TPSA) is 46.2 Å². The number of hydrogen-bond donors (Lipinski definition) is 0. The van der Waals surface area contributed by atoms with E-state index in [1.54, 1.807) is 0 Å². The highest BCUT2D eigenvalue weighted by atomic mass is 28.4. The van der Waals surface area contributed by atoms with Crippen LogP contribution in [-0.4, -0.2) is 52.9 Å². The van der Waals surface area contributed by atoms with Crippen molar-refractivity contribution in [2.45, 2.75) is 166 Å². The number of ether oxygens (including phenoxy) is 4. The summed E-state index contributed by atoms with van der Waals surface area (Å²) in [6.45, 7) is 14.2. The van der Waals surface area contributed by atoms with Gasteiger partial charge in [0.05, 0.1) is 12.2 Å². The van der Waals surface area contributed by atoms with Gasteiger partial charge >= 0.3 is 0 Å². The lowest BCUT2D eigenvalue weighted by Crippen LogP contribution is -2.40. The van der Waals surface area contributed by atoms with E-state index in [0.29, 0.717) is 23.7 Å². The quantitative estimate of drug-likeness (QED) is 0.0879. The third-order valence-corrected chi connectivity index (χ3v) is 16.2. The lowest BCUT2D eigenvalue weighted by Gasteiger charge is -2.36. The zero-order chi connectivity index (χ0) is 31.0. The summed E-state index contributed by atoms with van der Waals surface area (Å²) in [5.74, 6) is 2.17. The summed E-state index contributed by atoms with van der Waals surface area (Å²) in [5.41, 5.74) is 5.26. The number of fused-ring (bicyclic) bond motifs is 1. The molecule has 5 fully saturated rings. The first kappa shape index (κ1) is 34.6. The van der Waals surface area contributed by atoms with E-state index in [1.165, 1.54) is 63.4 Å². The molecule has 5 rings (SSSR count). The third kappa shape index (κ3) is 9.21. The lowest BCUT2D eigenvalue weighted by atomic mass is 9.89. The molecule has 2 saturated heterocycles. The number of unbranched alkanes of at least 4 members (excludes halogenated alkanes) is 2. The smallest absolute Gasteiger partial charge is 0.191 e. The Morgan fingerprint density at radius 2 is 1.57 bits per heavy atom. The molecule has 0 aromatic heterocycles. The molecule has 0 amide bonds. The van der Waals surface area contributed by atoms with Crippen molar-refractivity contribution in [1.82, 2.24) is 0 Å². The van der Waals surface area contributed by atoms with Gasteiger partial charge in [-0.3, -0.25) is 0 Å². The van der Waals surface area contributed by atoms with E-state index in [9.17, 15) is 0 Å². The molecule has 250 valence electrons. The Hall–Kier alpha value is -0.723. The van der Waals surface area contributed by atoms with Crippen LogP contribution in [-0.2, 0) is 23.4 Å². The molecule has 2 aliphatic heterocycles. The predicted octanol–water partition coefficient (Wildman–Crippen LogP) is 9.88. The molecule has 5 nitrogen and oxygen atoms in total. The first-order chi connectivity index (χ1) is 21.2. The number of rotatable bonds is 13. The van der Waals surface area contributed by atoms with Crippen LogP contribution < -0.4 is 0 Å². The Bertz CT molecular complexity index is 960. The van der Waals surface area contributed by atoms with Crippen molar-refractivity contribution < 1.29 is 23.4 Å². The highest BCUT2D eigenvalue weighted by Crippen LogP contribution is 2.53. The van der Waals surface area contributed by atoms with Gasteiger partial charge in [0.25, 0.3) is 0 Å². The maximum absolute atomic E-state index is 6.91. The van der Waals surface area contributed by atoms with Gasteiger partial charge in [0, 0.05) is 31.3 Å². The molecular formula is C38H64O5Si. The van der Waals surface area contributed by atoms with E-state index in [4.69, 9.17) is 23.4 Å². The molecule has 0 radical (unpaired) electrons. The molecule has 3 aliphatic carbocycles. The highest BCUT2D eigenvalue weighted by molar-refractivity contribution is 6.74. The first-order valence-electron chi connectivity index (χ1n) is 18.5. The van der Waals surface area contributed by atoms with Crippen molar-refractivity contribution in [1.29, 1.82) is 0 Å². The summed E-state index contributed by atoms with van der Waals surface area (Å²) in [7, 11) is -1.67. The fourth-order valence-electron chi connectivity index (χ4n) is 7.97. The van der Waals surface area contributed by atoms with Crippen molar-refractivity contribution in [3.05, 3.63) is 29.5 Å². The minimum atomic E-state index is -1.67. The fraction of sp³-hybridized carbons (Fsp3) is 0.868. The molecule has 5 aliphatic rings. The largest absolute Gasteiger partial charge is 0.417 e. The highest BCUT2D eigenvalue weighted by Gasteiger charge is 2.49. The molecule has 0 bridgehead atoms. The van der Waals surface area contributed by atoms with Crippen LogP contribution >= 0.6 is 0 Å². The van der Waals surface area contributed by atoms with E-state index in [0.717, 1.165) is 64.8 Å². The van der Waals surface area contributed by atoms with Crippen molar-refractivity contribution in [3.63, 3.8) is 0 Å². The fourth-order valence-corrected chi connectivity index (χ4v) is 9.06. The van der Waals surface area contributed by atoms with Gasteiger partial charge < -0.3 is 23.4 Å². The van der Waals surface area contributed by atoms with Gasteiger partial charge in [-0.1, -0.05) is 52.2 Å². The Morgan fingerprint density at radius 1 is 0.864 bits per heavy atom. The molecule has 7 atom stereocenters. The predicted molar refractivity (Wildman–Crippen MR) is 181 cm³/mol. The molecule has 3 unspecified atom stereocenters. The van der Waals surface area contributed by atoms with Gasteiger partial charge in [-0.2, -0.15) is 0 Å². The van der Waals surface area contributed by atoms with Crippen LogP contribution in [0.1, 0.15) is 124 Å². The summed E-state index contributed by atoms with van der Waals surface area (Å²) in [5, 5.41) is 0.270. The van der Waals surface area contributed by atoms with Gasteiger partial charge in [-0.25, -0.2) is 0 Å². The normalized spacial score (nSPS) is 32.7. The van der Waals surface area contributed by atoms with Crippen molar-refractivity contribution >= 4 is 8.32 Å². The summed E-state index contributed by atoms with van der Waals surface area (Å²) in [6.07, 6.45) is 26.4. The lowest BCUT2D eigenvalue weighted by molar-refractivity contribution is -0.188. The molecule has 0 aromatic rings. The van der Waals surface area contributed by atoms with Gasteiger partial charge in [0.15, 0.2) is 20.9 Å². The molecule has 6 heteroatoms. The van der Waals surface area contributed by atoms with Crippen LogP contribution in [0.5, 0.6) is 0 Å². The summed E-state index contributed by atoms with van der Waals surface area (Å²) in [4.78, 5) is 0. The van der Waals surface area contributed by atoms with Crippen LogP contribution in [0, 0.1) is 23.7 Å². The van der Waals surface area contributed by atoms with Gasteiger partial charge in [0.1, 0.15) is 0 Å². The third-order valence-electron chi connectivity index (χ3n) is 11.7. The second-order valence-corrected chi connectivity index (χ2v) is 20.7. The minimum Gasteiger partial charge on any atom is -0.417 e. The van der Waals surface area contributed by atoms with E-state index < -0.39 is 8.32 Å². The van der Waals surface area contributed by atoms with Gasteiger partial charge in [-0.15, -0.1) is 5.73 Å². The van der Waals surface area contributed by atoms with Crippen molar-refractivity contribution in [2.24, 2.45) is 23.7 Å². The Morgan fingerprint density at radius 3 is 2.25 bits per heavy atom. The molecule has 3 saturated carbocycles. The average molecular weight is 629 g/mol. The van der Waals surface area contributed by atoms with Gasteiger partial charge in [-0.05, 0) is 125 Å². The van der Waals surface area contributed by atoms with Crippen LogP contribution in [0.3, 0.4) is 0 Å². The maximum atomic E-state index is 6.91. The van der Waals surface area contributed by atoms with E-state index in [2.05, 4.69) is 57.8 Å². The molecule has 44 heavy (non-hydrogen) atoms. The van der Waals surface area contributed by atoms with E-state index in [1.807, 2.05) is 0 Å². The molecular weight excluding hydrogens is 564 g/mol.